The fourth-order valence-corrected chi connectivity index (χ4v) is 2.94. The highest BCUT2D eigenvalue weighted by Crippen LogP contribution is 2.30. The van der Waals surface area contributed by atoms with Gasteiger partial charge >= 0.3 is 0 Å². The lowest BCUT2D eigenvalue weighted by molar-refractivity contribution is 0.662. The van der Waals surface area contributed by atoms with E-state index >= 15 is 0 Å². The Balaban J connectivity index is 0.00000301. The molecule has 0 fully saturated rings. The van der Waals surface area contributed by atoms with Crippen LogP contribution in [0.25, 0.3) is 5.57 Å². The van der Waals surface area contributed by atoms with E-state index in [0.29, 0.717) is 10.8 Å². The van der Waals surface area contributed by atoms with Crippen LogP contribution in [0.5, 0.6) is 0 Å². The molecule has 1 rings (SSSR count). The van der Waals surface area contributed by atoms with Crippen molar-refractivity contribution in [3.05, 3.63) is 71.4 Å². The van der Waals surface area contributed by atoms with Gasteiger partial charge in [-0.05, 0) is 67.5 Å². The Morgan fingerprint density at radius 2 is 1.88 bits per heavy atom. The molecule has 1 aromatic rings. The Hall–Kier alpha value is -1.71. The molecule has 0 bridgehead atoms. The summed E-state index contributed by atoms with van der Waals surface area (Å²) >= 11 is 0. The smallest absolute Gasteiger partial charge is 0.122 e. The van der Waals surface area contributed by atoms with E-state index in [2.05, 4.69) is 46.4 Å². The van der Waals surface area contributed by atoms with Gasteiger partial charge in [-0.1, -0.05) is 70.2 Å². The number of rotatable bonds is 7. The average molecular weight is 374 g/mol. The first-order valence-electron chi connectivity index (χ1n) is 9.26. The lowest BCUT2D eigenvalue weighted by atomic mass is 9.88. The first kappa shape index (κ1) is 24.3. The zero-order valence-electron chi connectivity index (χ0n) is 17.4. The molecule has 0 amide bonds. The van der Waals surface area contributed by atoms with Gasteiger partial charge in [0.2, 0.25) is 0 Å². The van der Waals surface area contributed by atoms with Crippen molar-refractivity contribution in [2.45, 2.75) is 59.8 Å². The van der Waals surface area contributed by atoms with E-state index in [-0.39, 0.29) is 0 Å². The number of nitrogens with two attached hydrogens (primary N) is 1. The standard InChI is InChI=1S/C21H29NOS.C2H6/c1-7-16(4)21(13-8-10-15(2)3)18(6)17(5)19-11-9-12-20(14-19)24(22)23;1-2/h8-14,16H,2,7,22H2,1,3-6H3;1-2H3/b10-8-,18-17-,21-13+;. The highest BCUT2D eigenvalue weighted by molar-refractivity contribution is 7.82. The summed E-state index contributed by atoms with van der Waals surface area (Å²) < 4.78 is 11.5. The maximum Gasteiger partial charge on any atom is 0.122 e. The number of hydrogen-bond donors (Lipinski definition) is 1. The zero-order chi connectivity index (χ0) is 20.3. The van der Waals surface area contributed by atoms with Crippen molar-refractivity contribution in [3.8, 4) is 0 Å². The zero-order valence-corrected chi connectivity index (χ0v) is 18.2. The monoisotopic (exact) mass is 373 g/mol. The predicted octanol–water partition coefficient (Wildman–Crippen LogP) is 6.59. The minimum atomic E-state index is -1.46. The Morgan fingerprint density at radius 3 is 2.38 bits per heavy atom. The van der Waals surface area contributed by atoms with Crippen LogP contribution in [0.2, 0.25) is 0 Å². The molecule has 0 radical (unpaired) electrons. The molecule has 0 heterocycles. The molecule has 0 aliphatic heterocycles. The van der Waals surface area contributed by atoms with Crippen molar-refractivity contribution in [1.29, 1.82) is 0 Å². The topological polar surface area (TPSA) is 43.1 Å². The largest absolute Gasteiger partial charge is 0.248 e. The molecule has 3 heteroatoms. The maximum absolute atomic E-state index is 11.5. The van der Waals surface area contributed by atoms with Gasteiger partial charge in [0.1, 0.15) is 11.0 Å². The SMILES string of the molecule is C=C(C)\C=C/C=C(/C(C)=C(/C)c1cccc(S(N)=O)c1)C(C)CC.CC. The molecule has 1 aromatic carbocycles. The van der Waals surface area contributed by atoms with Crippen LogP contribution in [-0.2, 0) is 11.0 Å². The van der Waals surface area contributed by atoms with Gasteiger partial charge in [0, 0.05) is 0 Å². The van der Waals surface area contributed by atoms with E-state index in [1.54, 1.807) is 6.07 Å². The van der Waals surface area contributed by atoms with Gasteiger partial charge in [-0.2, -0.15) is 0 Å². The Kier molecular flexibility index (Phi) is 11.8. The third-order valence-corrected chi connectivity index (χ3v) is 5.01. The first-order valence-corrected chi connectivity index (χ1v) is 10.5. The third kappa shape index (κ3) is 7.67. The second-order valence-corrected chi connectivity index (χ2v) is 7.28. The molecule has 2 nitrogen and oxygen atoms in total. The molecule has 2 atom stereocenters. The molecule has 0 saturated heterocycles. The lowest BCUT2D eigenvalue weighted by Crippen LogP contribution is -2.04. The van der Waals surface area contributed by atoms with Crippen molar-refractivity contribution in [2.24, 2.45) is 11.1 Å². The van der Waals surface area contributed by atoms with Gasteiger partial charge in [0.15, 0.2) is 0 Å². The normalized spacial score (nSPS) is 15.0. The second kappa shape index (κ2) is 12.6. The molecule has 0 aliphatic carbocycles. The second-order valence-electron chi connectivity index (χ2n) is 6.21. The quantitative estimate of drug-likeness (QED) is 0.538. The Morgan fingerprint density at radius 1 is 1.27 bits per heavy atom. The minimum Gasteiger partial charge on any atom is -0.248 e. The number of hydrogen-bond acceptors (Lipinski definition) is 1. The van der Waals surface area contributed by atoms with Gasteiger partial charge in [0.25, 0.3) is 0 Å². The summed E-state index contributed by atoms with van der Waals surface area (Å²) in [6, 6.07) is 7.64. The van der Waals surface area contributed by atoms with Crippen LogP contribution < -0.4 is 5.14 Å². The number of benzene rings is 1. The third-order valence-electron chi connectivity index (χ3n) is 4.29. The van der Waals surface area contributed by atoms with Gasteiger partial charge in [0.05, 0.1) is 4.90 Å². The molecule has 144 valence electrons. The van der Waals surface area contributed by atoms with Gasteiger partial charge in [-0.25, -0.2) is 9.35 Å². The van der Waals surface area contributed by atoms with Crippen LogP contribution in [0.15, 0.2) is 70.7 Å². The molecule has 0 saturated carbocycles. The summed E-state index contributed by atoms with van der Waals surface area (Å²) in [6.45, 7) is 18.6. The van der Waals surface area contributed by atoms with Gasteiger partial charge in [-0.15, -0.1) is 0 Å². The van der Waals surface area contributed by atoms with Crippen LogP contribution in [-0.4, -0.2) is 4.21 Å². The molecule has 0 aliphatic rings. The highest BCUT2D eigenvalue weighted by atomic mass is 32.2. The Labute approximate surface area is 163 Å². The van der Waals surface area contributed by atoms with E-state index in [9.17, 15) is 4.21 Å². The van der Waals surface area contributed by atoms with E-state index in [1.165, 1.54) is 16.7 Å². The van der Waals surface area contributed by atoms with E-state index in [4.69, 9.17) is 5.14 Å². The van der Waals surface area contributed by atoms with Crippen LogP contribution in [0.3, 0.4) is 0 Å². The van der Waals surface area contributed by atoms with Crippen LogP contribution in [0.1, 0.15) is 60.5 Å². The van der Waals surface area contributed by atoms with Crippen LogP contribution >= 0.6 is 0 Å². The van der Waals surface area contributed by atoms with E-state index in [0.717, 1.165) is 17.6 Å². The minimum absolute atomic E-state index is 0.460. The first-order chi connectivity index (χ1) is 12.3. The van der Waals surface area contributed by atoms with Gasteiger partial charge < -0.3 is 0 Å². The van der Waals surface area contributed by atoms with Crippen molar-refractivity contribution in [2.75, 3.05) is 0 Å². The molecule has 26 heavy (non-hydrogen) atoms. The maximum atomic E-state index is 11.5. The number of allylic oxidation sites excluding steroid dienone is 7. The predicted molar refractivity (Wildman–Crippen MR) is 118 cm³/mol. The summed E-state index contributed by atoms with van der Waals surface area (Å²) in [5, 5.41) is 5.51. The van der Waals surface area contributed by atoms with Gasteiger partial charge in [-0.3, -0.25) is 0 Å². The molecule has 0 aromatic heterocycles. The van der Waals surface area contributed by atoms with Crippen molar-refractivity contribution >= 4 is 16.6 Å². The fourth-order valence-electron chi connectivity index (χ4n) is 2.48. The van der Waals surface area contributed by atoms with Crippen molar-refractivity contribution in [3.63, 3.8) is 0 Å². The summed E-state index contributed by atoms with van der Waals surface area (Å²) in [4.78, 5) is 0.649. The summed E-state index contributed by atoms with van der Waals surface area (Å²) in [5.41, 5.74) is 5.83. The van der Waals surface area contributed by atoms with Crippen molar-refractivity contribution < 1.29 is 4.21 Å². The molecule has 2 unspecified atom stereocenters. The van der Waals surface area contributed by atoms with Crippen LogP contribution in [0, 0.1) is 5.92 Å². The Bertz CT molecular complexity index is 711. The van der Waals surface area contributed by atoms with Crippen molar-refractivity contribution in [1.82, 2.24) is 0 Å². The highest BCUT2D eigenvalue weighted by Gasteiger charge is 2.12. The van der Waals surface area contributed by atoms with Crippen LogP contribution in [0.4, 0.5) is 0 Å². The lowest BCUT2D eigenvalue weighted by Gasteiger charge is -2.18. The average Bonchev–Trinajstić information content (AvgIpc) is 2.65. The van der Waals surface area contributed by atoms with E-state index < -0.39 is 11.0 Å². The molecule has 0 spiro atoms. The fraction of sp³-hybridized carbons (Fsp3) is 0.391. The summed E-state index contributed by atoms with van der Waals surface area (Å²) in [6.07, 6.45) is 7.33. The van der Waals surface area contributed by atoms with E-state index in [1.807, 2.05) is 45.0 Å². The molecule has 2 N–H and O–H groups in total. The summed E-state index contributed by atoms with van der Waals surface area (Å²) in [7, 11) is -1.46. The molecular formula is C23H35NOS. The molecular weight excluding hydrogens is 338 g/mol. The summed E-state index contributed by atoms with van der Waals surface area (Å²) in [5.74, 6) is 0.460.